The highest BCUT2D eigenvalue weighted by atomic mass is 19.1. The summed E-state index contributed by atoms with van der Waals surface area (Å²) in [6, 6.07) is 11.7. The monoisotopic (exact) mass is 362 g/mol. The van der Waals surface area contributed by atoms with E-state index in [0.717, 1.165) is 24.2 Å². The molecule has 0 amide bonds. The summed E-state index contributed by atoms with van der Waals surface area (Å²) < 4.78 is 37.5. The van der Waals surface area contributed by atoms with Crippen molar-refractivity contribution in [3.05, 3.63) is 65.2 Å². The fourth-order valence-corrected chi connectivity index (χ4v) is 3.20. The molecule has 0 spiro atoms. The number of methoxy groups -OCH3 is 1. The molecule has 3 rings (SSSR count). The second kappa shape index (κ2) is 9.07. The lowest BCUT2D eigenvalue weighted by molar-refractivity contribution is 0.0161. The van der Waals surface area contributed by atoms with Crippen LogP contribution in [0.15, 0.2) is 42.5 Å². The Hall–Kier alpha value is -2.02. The highest BCUT2D eigenvalue weighted by Gasteiger charge is 2.22. The average molecular weight is 362 g/mol. The van der Waals surface area contributed by atoms with Crippen LogP contribution in [0.1, 0.15) is 17.2 Å². The summed E-state index contributed by atoms with van der Waals surface area (Å²) in [6.45, 7) is 4.28. The predicted octanol–water partition coefficient (Wildman–Crippen LogP) is 3.14. The first kappa shape index (κ1) is 18.8. The van der Waals surface area contributed by atoms with Gasteiger partial charge in [0.15, 0.2) is 11.6 Å². The third kappa shape index (κ3) is 4.78. The summed E-state index contributed by atoms with van der Waals surface area (Å²) >= 11 is 0. The summed E-state index contributed by atoms with van der Waals surface area (Å²) in [6.07, 6.45) is 0. The minimum absolute atomic E-state index is 0.114. The molecule has 1 atom stereocenters. The van der Waals surface area contributed by atoms with Gasteiger partial charge in [-0.2, -0.15) is 0 Å². The Bertz CT molecular complexity index is 703. The van der Waals surface area contributed by atoms with Crippen LogP contribution in [0, 0.1) is 11.6 Å². The van der Waals surface area contributed by atoms with E-state index >= 15 is 0 Å². The first-order valence-corrected chi connectivity index (χ1v) is 8.78. The molecule has 0 aliphatic carbocycles. The molecule has 0 radical (unpaired) electrons. The quantitative estimate of drug-likeness (QED) is 0.821. The lowest BCUT2D eigenvalue weighted by Crippen LogP contribution is -2.42. The van der Waals surface area contributed by atoms with E-state index in [9.17, 15) is 8.78 Å². The van der Waals surface area contributed by atoms with Crippen LogP contribution in [0.25, 0.3) is 0 Å². The average Bonchev–Trinajstić information content (AvgIpc) is 2.67. The van der Waals surface area contributed by atoms with Gasteiger partial charge in [0.05, 0.1) is 20.3 Å². The van der Waals surface area contributed by atoms with Crippen molar-refractivity contribution in [2.24, 2.45) is 0 Å². The predicted molar refractivity (Wildman–Crippen MR) is 96.2 cm³/mol. The van der Waals surface area contributed by atoms with Gasteiger partial charge in [0, 0.05) is 32.2 Å². The molecule has 1 heterocycles. The molecule has 1 aliphatic rings. The molecule has 0 aromatic heterocycles. The molecule has 26 heavy (non-hydrogen) atoms. The molecular weight excluding hydrogens is 338 g/mol. The third-order valence-corrected chi connectivity index (χ3v) is 4.62. The van der Waals surface area contributed by atoms with E-state index < -0.39 is 0 Å². The Balaban J connectivity index is 1.65. The van der Waals surface area contributed by atoms with Gasteiger partial charge in [0.2, 0.25) is 0 Å². The molecule has 1 N–H and O–H groups in total. The van der Waals surface area contributed by atoms with Gasteiger partial charge < -0.3 is 14.8 Å². The van der Waals surface area contributed by atoms with Gasteiger partial charge in [-0.1, -0.05) is 18.2 Å². The van der Waals surface area contributed by atoms with E-state index in [-0.39, 0.29) is 23.4 Å². The second-order valence-electron chi connectivity index (χ2n) is 6.32. The van der Waals surface area contributed by atoms with E-state index in [2.05, 4.69) is 10.2 Å². The Morgan fingerprint density at radius 3 is 2.50 bits per heavy atom. The van der Waals surface area contributed by atoms with Crippen LogP contribution in [0.2, 0.25) is 0 Å². The van der Waals surface area contributed by atoms with Crippen LogP contribution in [0.5, 0.6) is 5.75 Å². The topological polar surface area (TPSA) is 33.7 Å². The Morgan fingerprint density at radius 2 is 1.85 bits per heavy atom. The van der Waals surface area contributed by atoms with E-state index in [1.54, 1.807) is 6.07 Å². The lowest BCUT2D eigenvalue weighted by Gasteiger charge is -2.35. The number of ether oxygens (including phenoxy) is 2. The van der Waals surface area contributed by atoms with Gasteiger partial charge >= 0.3 is 0 Å². The smallest absolute Gasteiger partial charge is 0.165 e. The van der Waals surface area contributed by atoms with Gasteiger partial charge in [0.1, 0.15) is 5.82 Å². The van der Waals surface area contributed by atoms with E-state index in [4.69, 9.17) is 9.47 Å². The Morgan fingerprint density at radius 1 is 1.12 bits per heavy atom. The molecule has 2 aromatic carbocycles. The number of benzene rings is 2. The summed E-state index contributed by atoms with van der Waals surface area (Å²) in [4.78, 5) is 2.33. The van der Waals surface area contributed by atoms with Crippen molar-refractivity contribution >= 4 is 0 Å². The largest absolute Gasteiger partial charge is 0.494 e. The van der Waals surface area contributed by atoms with Crippen molar-refractivity contribution in [1.29, 1.82) is 0 Å². The van der Waals surface area contributed by atoms with Crippen LogP contribution < -0.4 is 10.1 Å². The maximum Gasteiger partial charge on any atom is 0.165 e. The first-order valence-electron chi connectivity index (χ1n) is 8.78. The van der Waals surface area contributed by atoms with Crippen LogP contribution in [0.4, 0.5) is 8.78 Å². The first-order chi connectivity index (χ1) is 12.7. The lowest BCUT2D eigenvalue weighted by atomic mass is 10.0. The normalized spacial score (nSPS) is 16.4. The number of halogens is 2. The summed E-state index contributed by atoms with van der Waals surface area (Å²) in [7, 11) is 1.45. The zero-order chi connectivity index (χ0) is 18.4. The molecule has 1 fully saturated rings. The van der Waals surface area contributed by atoms with Crippen LogP contribution in [0.3, 0.4) is 0 Å². The summed E-state index contributed by atoms with van der Waals surface area (Å²) in [5.41, 5.74) is 1.91. The standard InChI is InChI=1S/C20H24F2N2O2/c1-25-20-7-2-15(12-18(20)22)13-23-14-19(24-8-10-26-11-9-24)16-3-5-17(21)6-4-16/h2-7,12,19,23H,8-11,13-14H2,1H3. The van der Waals surface area contributed by atoms with Gasteiger partial charge in [-0.3, -0.25) is 4.90 Å². The summed E-state index contributed by atoms with van der Waals surface area (Å²) in [5, 5.41) is 3.39. The molecule has 1 aliphatic heterocycles. The van der Waals surface area contributed by atoms with Crippen molar-refractivity contribution in [2.45, 2.75) is 12.6 Å². The third-order valence-electron chi connectivity index (χ3n) is 4.62. The van der Waals surface area contributed by atoms with Gasteiger partial charge in [-0.05, 0) is 35.4 Å². The maximum atomic E-state index is 13.8. The van der Waals surface area contributed by atoms with Gasteiger partial charge in [-0.25, -0.2) is 8.78 Å². The SMILES string of the molecule is COc1ccc(CNCC(c2ccc(F)cc2)N2CCOCC2)cc1F. The molecule has 0 saturated carbocycles. The number of morpholine rings is 1. The molecule has 140 valence electrons. The van der Waals surface area contributed by atoms with E-state index in [1.807, 2.05) is 18.2 Å². The van der Waals surface area contributed by atoms with Gasteiger partial charge in [-0.15, -0.1) is 0 Å². The minimum atomic E-state index is -0.366. The van der Waals surface area contributed by atoms with E-state index in [1.165, 1.54) is 25.3 Å². The van der Waals surface area contributed by atoms with Crippen LogP contribution in [-0.4, -0.2) is 44.9 Å². The molecule has 1 saturated heterocycles. The second-order valence-corrected chi connectivity index (χ2v) is 6.32. The van der Waals surface area contributed by atoms with Crippen LogP contribution >= 0.6 is 0 Å². The number of hydrogen-bond donors (Lipinski definition) is 1. The molecule has 2 aromatic rings. The van der Waals surface area contributed by atoms with Crippen molar-refractivity contribution in [3.8, 4) is 5.75 Å². The highest BCUT2D eigenvalue weighted by molar-refractivity contribution is 5.29. The number of hydrogen-bond acceptors (Lipinski definition) is 4. The molecule has 1 unspecified atom stereocenters. The van der Waals surface area contributed by atoms with Crippen LogP contribution in [-0.2, 0) is 11.3 Å². The molecule has 6 heteroatoms. The Labute approximate surface area is 152 Å². The Kier molecular flexibility index (Phi) is 6.55. The zero-order valence-corrected chi connectivity index (χ0v) is 14.9. The number of nitrogens with zero attached hydrogens (tertiary/aromatic N) is 1. The zero-order valence-electron chi connectivity index (χ0n) is 14.9. The van der Waals surface area contributed by atoms with Crippen molar-refractivity contribution in [1.82, 2.24) is 10.2 Å². The fourth-order valence-electron chi connectivity index (χ4n) is 3.20. The summed E-state index contributed by atoms with van der Waals surface area (Å²) in [5.74, 6) is -0.363. The number of rotatable bonds is 7. The highest BCUT2D eigenvalue weighted by Crippen LogP contribution is 2.22. The van der Waals surface area contributed by atoms with Crippen molar-refractivity contribution < 1.29 is 18.3 Å². The number of nitrogens with one attached hydrogen (secondary N) is 1. The van der Waals surface area contributed by atoms with Gasteiger partial charge in [0.25, 0.3) is 0 Å². The minimum Gasteiger partial charge on any atom is -0.494 e. The maximum absolute atomic E-state index is 13.8. The van der Waals surface area contributed by atoms with Crippen molar-refractivity contribution in [2.75, 3.05) is 40.0 Å². The fraction of sp³-hybridized carbons (Fsp3) is 0.400. The molecular formula is C20H24F2N2O2. The van der Waals surface area contributed by atoms with E-state index in [0.29, 0.717) is 26.3 Å². The van der Waals surface area contributed by atoms with Crippen molar-refractivity contribution in [3.63, 3.8) is 0 Å². The molecule has 4 nitrogen and oxygen atoms in total. The molecule has 0 bridgehead atoms.